The van der Waals surface area contributed by atoms with E-state index in [-0.39, 0.29) is 0 Å². The highest BCUT2D eigenvalue weighted by atomic mass is 15.2. The Kier molecular flexibility index (Phi) is 4.27. The molecule has 1 saturated heterocycles. The van der Waals surface area contributed by atoms with Crippen LogP contribution in [-0.2, 0) is 19.5 Å². The minimum Gasteiger partial charge on any atom is -0.357 e. The van der Waals surface area contributed by atoms with Gasteiger partial charge in [0.1, 0.15) is 0 Å². The van der Waals surface area contributed by atoms with Crippen LogP contribution in [0.4, 0.5) is 0 Å². The molecule has 1 N–H and O–H groups in total. The summed E-state index contributed by atoms with van der Waals surface area (Å²) >= 11 is 0. The minimum atomic E-state index is 0.630. The van der Waals surface area contributed by atoms with Crippen molar-refractivity contribution in [3.8, 4) is 0 Å². The number of nitrogens with one attached hydrogen (secondary N) is 1. The van der Waals surface area contributed by atoms with Gasteiger partial charge >= 0.3 is 0 Å². The van der Waals surface area contributed by atoms with Gasteiger partial charge in [-0.05, 0) is 49.5 Å². The van der Waals surface area contributed by atoms with Gasteiger partial charge in [0.15, 0.2) is 0 Å². The smallest absolute Gasteiger partial charge is 0.0459 e. The van der Waals surface area contributed by atoms with Gasteiger partial charge in [-0.25, -0.2) is 0 Å². The van der Waals surface area contributed by atoms with Gasteiger partial charge in [0.05, 0.1) is 0 Å². The molecule has 0 spiro atoms. The number of aromatic amines is 1. The first kappa shape index (κ1) is 16.1. The Bertz CT molecular complexity index is 883. The van der Waals surface area contributed by atoms with Crippen LogP contribution in [0.3, 0.4) is 0 Å². The number of rotatable bonds is 2. The number of hydrogen-bond acceptors (Lipinski definition) is 2. The number of aromatic nitrogens is 1. The molecule has 2 aliphatic heterocycles. The number of H-pyrrole nitrogens is 1. The van der Waals surface area contributed by atoms with E-state index in [2.05, 4.69) is 69.4 Å². The highest BCUT2D eigenvalue weighted by molar-refractivity contribution is 5.84. The summed E-state index contributed by atoms with van der Waals surface area (Å²) in [6.45, 7) is 5.78. The molecule has 0 aliphatic carbocycles. The molecular formula is C23H27N3. The zero-order chi connectivity index (χ0) is 17.3. The van der Waals surface area contributed by atoms with E-state index in [0.717, 1.165) is 13.1 Å². The van der Waals surface area contributed by atoms with Gasteiger partial charge in [-0.2, -0.15) is 0 Å². The van der Waals surface area contributed by atoms with Crippen molar-refractivity contribution in [2.24, 2.45) is 0 Å². The first-order chi connectivity index (χ1) is 12.9. The van der Waals surface area contributed by atoms with Gasteiger partial charge in [0, 0.05) is 42.3 Å². The average molecular weight is 345 g/mol. The van der Waals surface area contributed by atoms with Crippen LogP contribution in [0.2, 0.25) is 0 Å². The highest BCUT2D eigenvalue weighted by Gasteiger charge is 2.30. The van der Waals surface area contributed by atoms with Crippen LogP contribution in [0.1, 0.15) is 29.7 Å². The Labute approximate surface area is 155 Å². The summed E-state index contributed by atoms with van der Waals surface area (Å²) in [6, 6.07) is 20.4. The lowest BCUT2D eigenvalue weighted by molar-refractivity contribution is 0.0946. The maximum absolute atomic E-state index is 3.68. The molecule has 1 aromatic heterocycles. The van der Waals surface area contributed by atoms with E-state index in [1.807, 2.05) is 0 Å². The lowest BCUT2D eigenvalue weighted by atomic mass is 9.95. The summed E-state index contributed by atoms with van der Waals surface area (Å²) in [5.74, 6) is 0. The van der Waals surface area contributed by atoms with Crippen molar-refractivity contribution < 1.29 is 0 Å². The van der Waals surface area contributed by atoms with E-state index in [9.17, 15) is 0 Å². The second-order valence-corrected chi connectivity index (χ2v) is 7.88. The van der Waals surface area contributed by atoms with E-state index in [1.54, 1.807) is 5.56 Å². The molecular weight excluding hydrogens is 318 g/mol. The zero-order valence-electron chi connectivity index (χ0n) is 15.3. The largest absolute Gasteiger partial charge is 0.357 e. The highest BCUT2D eigenvalue weighted by Crippen LogP contribution is 2.31. The van der Waals surface area contributed by atoms with Gasteiger partial charge in [0.2, 0.25) is 0 Å². The molecule has 134 valence electrons. The summed E-state index contributed by atoms with van der Waals surface area (Å²) in [4.78, 5) is 9.07. The Hall–Kier alpha value is -2.10. The summed E-state index contributed by atoms with van der Waals surface area (Å²) in [7, 11) is 0. The van der Waals surface area contributed by atoms with Crippen molar-refractivity contribution in [2.75, 3.05) is 19.6 Å². The van der Waals surface area contributed by atoms with E-state index in [0.29, 0.717) is 6.04 Å². The first-order valence-electron chi connectivity index (χ1n) is 9.95. The fourth-order valence-corrected chi connectivity index (χ4v) is 4.79. The monoisotopic (exact) mass is 345 g/mol. The van der Waals surface area contributed by atoms with Crippen LogP contribution in [0, 0.1) is 0 Å². The summed E-state index contributed by atoms with van der Waals surface area (Å²) in [5.41, 5.74) is 5.73. The van der Waals surface area contributed by atoms with E-state index >= 15 is 0 Å². The number of hydrogen-bond donors (Lipinski definition) is 1. The van der Waals surface area contributed by atoms with Gasteiger partial charge < -0.3 is 4.98 Å². The van der Waals surface area contributed by atoms with Crippen LogP contribution in [0.5, 0.6) is 0 Å². The molecule has 3 nitrogen and oxygen atoms in total. The maximum Gasteiger partial charge on any atom is 0.0459 e. The maximum atomic E-state index is 3.68. The van der Waals surface area contributed by atoms with Crippen LogP contribution < -0.4 is 0 Å². The Morgan fingerprint density at radius 1 is 0.923 bits per heavy atom. The van der Waals surface area contributed by atoms with Crippen LogP contribution in [-0.4, -0.2) is 40.5 Å². The Morgan fingerprint density at radius 3 is 2.65 bits per heavy atom. The lowest BCUT2D eigenvalue weighted by Gasteiger charge is -2.40. The van der Waals surface area contributed by atoms with E-state index in [1.165, 1.54) is 61.1 Å². The number of fused-ring (bicyclic) bond motifs is 4. The predicted molar refractivity (Wildman–Crippen MR) is 107 cm³/mol. The molecule has 0 radical (unpaired) electrons. The molecule has 0 saturated carbocycles. The fourth-order valence-electron chi connectivity index (χ4n) is 4.79. The molecule has 1 fully saturated rings. The molecule has 3 heterocycles. The normalized spacial score (nSPS) is 21.8. The third-order valence-corrected chi connectivity index (χ3v) is 6.11. The van der Waals surface area contributed by atoms with E-state index < -0.39 is 0 Å². The van der Waals surface area contributed by atoms with Crippen LogP contribution in [0.15, 0.2) is 54.6 Å². The lowest BCUT2D eigenvalue weighted by Crippen LogP contribution is -2.49. The second-order valence-electron chi connectivity index (χ2n) is 7.88. The van der Waals surface area contributed by atoms with Crippen molar-refractivity contribution in [3.05, 3.63) is 71.4 Å². The molecule has 3 heteroatoms. The van der Waals surface area contributed by atoms with Crippen molar-refractivity contribution in [1.29, 1.82) is 0 Å². The number of benzene rings is 2. The molecule has 26 heavy (non-hydrogen) atoms. The number of para-hydroxylation sites is 1. The van der Waals surface area contributed by atoms with Gasteiger partial charge in [0.25, 0.3) is 0 Å². The van der Waals surface area contributed by atoms with Crippen molar-refractivity contribution >= 4 is 10.9 Å². The first-order valence-corrected chi connectivity index (χ1v) is 9.95. The molecule has 5 rings (SSSR count). The quantitative estimate of drug-likeness (QED) is 0.752. The average Bonchev–Trinajstić information content (AvgIpc) is 3.01. The van der Waals surface area contributed by atoms with Gasteiger partial charge in [-0.15, -0.1) is 0 Å². The standard InChI is InChI=1S/C23H27N3/c1-2-8-18(9-3-1)15-25-12-6-7-13-26-17-23-21(14-19(26)16-25)20-10-4-5-11-22(20)24-23/h1-5,8-11,19,24H,6-7,12-17H2/t19-/m0/s1. The van der Waals surface area contributed by atoms with Gasteiger partial charge in [-0.1, -0.05) is 48.5 Å². The third-order valence-electron chi connectivity index (χ3n) is 6.11. The summed E-state index contributed by atoms with van der Waals surface area (Å²) in [5, 5.41) is 1.43. The third kappa shape index (κ3) is 3.06. The van der Waals surface area contributed by atoms with Gasteiger partial charge in [-0.3, -0.25) is 9.80 Å². The molecule has 2 aliphatic rings. The Balaban J connectivity index is 1.40. The molecule has 0 unspecified atom stereocenters. The molecule has 1 atom stereocenters. The molecule has 0 amide bonds. The summed E-state index contributed by atoms with van der Waals surface area (Å²) < 4.78 is 0. The minimum absolute atomic E-state index is 0.630. The fraction of sp³-hybridized carbons (Fsp3) is 0.391. The zero-order valence-corrected chi connectivity index (χ0v) is 15.3. The van der Waals surface area contributed by atoms with E-state index in [4.69, 9.17) is 0 Å². The number of nitrogens with zero attached hydrogens (tertiary/aromatic N) is 2. The van der Waals surface area contributed by atoms with Crippen molar-refractivity contribution in [2.45, 2.75) is 38.4 Å². The van der Waals surface area contributed by atoms with Crippen LogP contribution in [0.25, 0.3) is 10.9 Å². The molecule has 3 aromatic rings. The second kappa shape index (κ2) is 6.90. The molecule has 2 aromatic carbocycles. The SMILES string of the molecule is c1ccc(CN2CCCCN3Cc4[nH]c5ccccc5c4C[C@H]3C2)cc1. The van der Waals surface area contributed by atoms with Crippen molar-refractivity contribution in [3.63, 3.8) is 0 Å². The van der Waals surface area contributed by atoms with Crippen molar-refractivity contribution in [1.82, 2.24) is 14.8 Å². The Morgan fingerprint density at radius 2 is 1.73 bits per heavy atom. The molecule has 0 bridgehead atoms. The summed E-state index contributed by atoms with van der Waals surface area (Å²) in [6.07, 6.45) is 3.78. The van der Waals surface area contributed by atoms with Crippen LogP contribution >= 0.6 is 0 Å². The predicted octanol–water partition coefficient (Wildman–Crippen LogP) is 4.19. The topological polar surface area (TPSA) is 22.3 Å².